The van der Waals surface area contributed by atoms with Crippen LogP contribution in [-0.2, 0) is 16.7 Å². The predicted octanol–water partition coefficient (Wildman–Crippen LogP) is 3.17. The first-order chi connectivity index (χ1) is 7.54. The summed E-state index contributed by atoms with van der Waals surface area (Å²) in [5.74, 6) is 0. The predicted molar refractivity (Wildman–Crippen MR) is 71.2 cm³/mol. The van der Waals surface area contributed by atoms with Crippen molar-refractivity contribution in [2.24, 2.45) is 0 Å². The van der Waals surface area contributed by atoms with Crippen LogP contribution in [0.3, 0.4) is 0 Å². The van der Waals surface area contributed by atoms with E-state index in [1.54, 1.807) is 0 Å². The maximum atomic E-state index is 5.27. The monoisotopic (exact) mass is 241 g/mol. The van der Waals surface area contributed by atoms with Crippen molar-refractivity contribution in [2.45, 2.75) is 39.7 Å². The molecule has 0 aromatic carbocycles. The molecule has 16 heavy (non-hydrogen) atoms. The van der Waals surface area contributed by atoms with Gasteiger partial charge in [0.05, 0.1) is 6.61 Å². The molecule has 0 saturated carbocycles. The fourth-order valence-electron chi connectivity index (χ4n) is 1.38. The van der Waals surface area contributed by atoms with E-state index < -0.39 is 0 Å². The van der Waals surface area contributed by atoms with Crippen molar-refractivity contribution in [2.75, 3.05) is 19.8 Å². The Balaban J connectivity index is 2.30. The largest absolute Gasteiger partial charge is 0.380 e. The summed E-state index contributed by atoms with van der Waals surface area (Å²) in [7, 11) is 0. The van der Waals surface area contributed by atoms with E-state index in [1.165, 1.54) is 9.75 Å². The minimum Gasteiger partial charge on any atom is -0.380 e. The topological polar surface area (TPSA) is 21.3 Å². The second kappa shape index (κ2) is 6.38. The van der Waals surface area contributed by atoms with Gasteiger partial charge in [-0.1, -0.05) is 20.8 Å². The molecule has 3 heteroatoms. The molecule has 92 valence electrons. The van der Waals surface area contributed by atoms with Crippen molar-refractivity contribution in [1.29, 1.82) is 0 Å². The zero-order valence-electron chi connectivity index (χ0n) is 10.8. The average molecular weight is 241 g/mol. The van der Waals surface area contributed by atoms with Gasteiger partial charge in [0.1, 0.15) is 0 Å². The van der Waals surface area contributed by atoms with Crippen LogP contribution in [0.4, 0.5) is 0 Å². The van der Waals surface area contributed by atoms with Crippen LogP contribution in [-0.4, -0.2) is 19.8 Å². The molecule has 0 aliphatic rings. The molecule has 0 aliphatic carbocycles. The minimum atomic E-state index is 0.272. The third-order valence-electron chi connectivity index (χ3n) is 2.33. The minimum absolute atomic E-state index is 0.272. The van der Waals surface area contributed by atoms with Crippen molar-refractivity contribution in [3.8, 4) is 0 Å². The van der Waals surface area contributed by atoms with Crippen LogP contribution < -0.4 is 5.32 Å². The summed E-state index contributed by atoms with van der Waals surface area (Å²) < 4.78 is 5.27. The number of thiophene rings is 1. The van der Waals surface area contributed by atoms with E-state index in [2.05, 4.69) is 38.2 Å². The molecule has 1 aromatic heterocycles. The molecular weight excluding hydrogens is 218 g/mol. The molecule has 1 rings (SSSR count). The molecule has 1 heterocycles. The molecule has 0 aliphatic heterocycles. The van der Waals surface area contributed by atoms with Crippen molar-refractivity contribution in [3.05, 3.63) is 21.9 Å². The SMILES string of the molecule is CCOCCNCc1ccc(C(C)(C)C)s1. The summed E-state index contributed by atoms with van der Waals surface area (Å²) in [5, 5.41) is 3.39. The fraction of sp³-hybridized carbons (Fsp3) is 0.692. The standard InChI is InChI=1S/C13H23NOS/c1-5-15-9-8-14-10-11-6-7-12(16-11)13(2,3)4/h6-7,14H,5,8-10H2,1-4H3. The van der Waals surface area contributed by atoms with Crippen molar-refractivity contribution in [3.63, 3.8) is 0 Å². The maximum Gasteiger partial charge on any atom is 0.0590 e. The van der Waals surface area contributed by atoms with Crippen LogP contribution in [0.15, 0.2) is 12.1 Å². The van der Waals surface area contributed by atoms with E-state index in [1.807, 2.05) is 18.3 Å². The van der Waals surface area contributed by atoms with Gasteiger partial charge in [-0.25, -0.2) is 0 Å². The number of ether oxygens (including phenoxy) is 1. The maximum absolute atomic E-state index is 5.27. The molecule has 2 nitrogen and oxygen atoms in total. The Morgan fingerprint density at radius 1 is 1.31 bits per heavy atom. The molecule has 1 N–H and O–H groups in total. The molecule has 0 bridgehead atoms. The number of hydrogen-bond acceptors (Lipinski definition) is 3. The lowest BCUT2D eigenvalue weighted by Crippen LogP contribution is -2.18. The summed E-state index contributed by atoms with van der Waals surface area (Å²) in [4.78, 5) is 2.86. The van der Waals surface area contributed by atoms with Crippen LogP contribution in [0.25, 0.3) is 0 Å². The van der Waals surface area contributed by atoms with Crippen LogP contribution in [0, 0.1) is 0 Å². The molecule has 0 fully saturated rings. The lowest BCUT2D eigenvalue weighted by atomic mass is 9.95. The Labute approximate surface area is 103 Å². The molecule has 0 radical (unpaired) electrons. The molecular formula is C13H23NOS. The molecule has 0 amide bonds. The third kappa shape index (κ3) is 4.64. The van der Waals surface area contributed by atoms with Crippen LogP contribution in [0.1, 0.15) is 37.4 Å². The Bertz CT molecular complexity index is 301. The first kappa shape index (κ1) is 13.7. The smallest absolute Gasteiger partial charge is 0.0590 e. The van der Waals surface area contributed by atoms with E-state index in [0.717, 1.165) is 26.3 Å². The van der Waals surface area contributed by atoms with Gasteiger partial charge in [0, 0.05) is 29.5 Å². The lowest BCUT2D eigenvalue weighted by molar-refractivity contribution is 0.149. The number of nitrogens with one attached hydrogen (secondary N) is 1. The first-order valence-electron chi connectivity index (χ1n) is 5.91. The summed E-state index contributed by atoms with van der Waals surface area (Å²) in [6.45, 7) is 12.3. The van der Waals surface area contributed by atoms with Gasteiger partial charge in [0.25, 0.3) is 0 Å². The van der Waals surface area contributed by atoms with E-state index in [9.17, 15) is 0 Å². The van der Waals surface area contributed by atoms with Gasteiger partial charge in [-0.15, -0.1) is 11.3 Å². The zero-order chi connectivity index (χ0) is 12.0. The molecule has 0 unspecified atom stereocenters. The first-order valence-corrected chi connectivity index (χ1v) is 6.73. The highest BCUT2D eigenvalue weighted by Gasteiger charge is 2.15. The average Bonchev–Trinajstić information content (AvgIpc) is 2.65. The zero-order valence-corrected chi connectivity index (χ0v) is 11.6. The number of hydrogen-bond donors (Lipinski definition) is 1. The van der Waals surface area contributed by atoms with Gasteiger partial charge in [-0.3, -0.25) is 0 Å². The van der Waals surface area contributed by atoms with Crippen molar-refractivity contribution in [1.82, 2.24) is 5.32 Å². The fourth-order valence-corrected chi connectivity index (χ4v) is 2.41. The quantitative estimate of drug-likeness (QED) is 0.772. The summed E-state index contributed by atoms with van der Waals surface area (Å²) >= 11 is 1.90. The number of rotatable bonds is 6. The normalized spacial score (nSPS) is 12.0. The van der Waals surface area contributed by atoms with Gasteiger partial charge in [0.2, 0.25) is 0 Å². The molecule has 0 atom stereocenters. The van der Waals surface area contributed by atoms with E-state index in [0.29, 0.717) is 0 Å². The summed E-state index contributed by atoms with van der Waals surface area (Å²) in [6.07, 6.45) is 0. The van der Waals surface area contributed by atoms with Gasteiger partial charge >= 0.3 is 0 Å². The van der Waals surface area contributed by atoms with Gasteiger partial charge in [-0.2, -0.15) is 0 Å². The highest BCUT2D eigenvalue weighted by atomic mass is 32.1. The van der Waals surface area contributed by atoms with Crippen LogP contribution in [0.2, 0.25) is 0 Å². The molecule has 1 aromatic rings. The Morgan fingerprint density at radius 3 is 2.62 bits per heavy atom. The summed E-state index contributed by atoms with van der Waals surface area (Å²) in [5.41, 5.74) is 0.272. The van der Waals surface area contributed by atoms with E-state index in [4.69, 9.17) is 4.74 Å². The van der Waals surface area contributed by atoms with E-state index >= 15 is 0 Å². The Hall–Kier alpha value is -0.380. The molecule has 0 spiro atoms. The second-order valence-corrected chi connectivity index (χ2v) is 6.06. The molecule has 0 saturated heterocycles. The summed E-state index contributed by atoms with van der Waals surface area (Å²) in [6, 6.07) is 4.46. The van der Waals surface area contributed by atoms with Gasteiger partial charge in [0.15, 0.2) is 0 Å². The van der Waals surface area contributed by atoms with Crippen molar-refractivity contribution >= 4 is 11.3 Å². The Morgan fingerprint density at radius 2 is 2.06 bits per heavy atom. The van der Waals surface area contributed by atoms with Crippen LogP contribution in [0.5, 0.6) is 0 Å². The van der Waals surface area contributed by atoms with E-state index in [-0.39, 0.29) is 5.41 Å². The third-order valence-corrected chi connectivity index (χ3v) is 3.84. The highest BCUT2D eigenvalue weighted by molar-refractivity contribution is 7.12. The second-order valence-electron chi connectivity index (χ2n) is 4.89. The van der Waals surface area contributed by atoms with Crippen molar-refractivity contribution < 1.29 is 4.74 Å². The van der Waals surface area contributed by atoms with Gasteiger partial charge in [-0.05, 0) is 24.5 Å². The Kier molecular flexibility index (Phi) is 5.46. The van der Waals surface area contributed by atoms with Crippen LogP contribution >= 0.6 is 11.3 Å². The highest BCUT2D eigenvalue weighted by Crippen LogP contribution is 2.29. The lowest BCUT2D eigenvalue weighted by Gasteiger charge is -2.15. The van der Waals surface area contributed by atoms with Gasteiger partial charge < -0.3 is 10.1 Å².